The number of amides is 1. The van der Waals surface area contributed by atoms with Gasteiger partial charge in [0.25, 0.3) is 0 Å². The highest BCUT2D eigenvalue weighted by Crippen LogP contribution is 2.30. The van der Waals surface area contributed by atoms with Gasteiger partial charge in [-0.05, 0) is 35.4 Å². The summed E-state index contributed by atoms with van der Waals surface area (Å²) >= 11 is 0. The molecule has 0 bridgehead atoms. The van der Waals surface area contributed by atoms with E-state index in [1.54, 1.807) is 0 Å². The van der Waals surface area contributed by atoms with Gasteiger partial charge in [0.1, 0.15) is 11.5 Å². The number of carbonyl (C=O) groups is 1. The third kappa shape index (κ3) is 4.05. The lowest BCUT2D eigenvalue weighted by atomic mass is 9.85. The first-order valence-electron chi connectivity index (χ1n) is 8.08. The Balaban J connectivity index is 1.88. The van der Waals surface area contributed by atoms with Crippen LogP contribution in [0.2, 0.25) is 0 Å². The number of hydrogen-bond acceptors (Lipinski definition) is 3. The molecule has 2 atom stereocenters. The van der Waals surface area contributed by atoms with Gasteiger partial charge in [-0.2, -0.15) is 0 Å². The fraction of sp³-hybridized carbons (Fsp3) is 0.0952. The molecular weight excluding hydrogens is 312 g/mol. The second-order valence-corrected chi connectivity index (χ2v) is 5.80. The van der Waals surface area contributed by atoms with Crippen molar-refractivity contribution < 1.29 is 9.53 Å². The molecule has 0 aliphatic carbocycles. The first-order valence-corrected chi connectivity index (χ1v) is 8.08. The standard InChI is InChI=1S/C21H20N2O2/c22-20(21(23)24)19(15-7-3-1-4-8-15)16-11-13-18(14-12-16)25-17-9-5-2-6-10-17/h1-14,19-20H,22H2,(H2,23,24)/t19?,20-/m0/s1. The monoisotopic (exact) mass is 332 g/mol. The highest BCUT2D eigenvalue weighted by Gasteiger charge is 2.26. The van der Waals surface area contributed by atoms with E-state index >= 15 is 0 Å². The third-order valence-electron chi connectivity index (χ3n) is 4.06. The van der Waals surface area contributed by atoms with Crippen LogP contribution in [0, 0.1) is 0 Å². The summed E-state index contributed by atoms with van der Waals surface area (Å²) in [6, 6.07) is 26.0. The van der Waals surface area contributed by atoms with Crippen molar-refractivity contribution in [1.29, 1.82) is 0 Å². The molecule has 1 unspecified atom stereocenters. The van der Waals surface area contributed by atoms with Crippen LogP contribution in [0.15, 0.2) is 84.9 Å². The Labute approximate surface area is 147 Å². The van der Waals surface area contributed by atoms with E-state index in [0.717, 1.165) is 22.6 Å². The third-order valence-corrected chi connectivity index (χ3v) is 4.06. The van der Waals surface area contributed by atoms with Crippen LogP contribution < -0.4 is 16.2 Å². The molecule has 1 amide bonds. The number of nitrogens with two attached hydrogens (primary N) is 2. The Morgan fingerprint density at radius 3 is 1.76 bits per heavy atom. The van der Waals surface area contributed by atoms with Crippen LogP contribution in [0.25, 0.3) is 0 Å². The Morgan fingerprint density at radius 1 is 0.720 bits per heavy atom. The van der Waals surface area contributed by atoms with E-state index in [2.05, 4.69) is 0 Å². The topological polar surface area (TPSA) is 78.3 Å². The quantitative estimate of drug-likeness (QED) is 0.726. The molecule has 4 nitrogen and oxygen atoms in total. The Kier molecular flexibility index (Phi) is 5.11. The van der Waals surface area contributed by atoms with Crippen LogP contribution >= 0.6 is 0 Å². The van der Waals surface area contributed by atoms with Crippen molar-refractivity contribution in [2.75, 3.05) is 0 Å². The number of hydrogen-bond donors (Lipinski definition) is 2. The molecule has 3 rings (SSSR count). The summed E-state index contributed by atoms with van der Waals surface area (Å²) in [5.74, 6) is 0.654. The summed E-state index contributed by atoms with van der Waals surface area (Å²) < 4.78 is 5.80. The van der Waals surface area contributed by atoms with Crippen molar-refractivity contribution in [3.8, 4) is 11.5 Å². The van der Waals surface area contributed by atoms with E-state index < -0.39 is 11.9 Å². The Hall–Kier alpha value is -3.11. The second-order valence-electron chi connectivity index (χ2n) is 5.80. The molecule has 0 fully saturated rings. The summed E-state index contributed by atoms with van der Waals surface area (Å²) in [4.78, 5) is 11.7. The molecule has 0 saturated heterocycles. The predicted octanol–water partition coefficient (Wildman–Crippen LogP) is 3.42. The van der Waals surface area contributed by atoms with Crippen molar-refractivity contribution in [3.05, 3.63) is 96.1 Å². The van der Waals surface area contributed by atoms with Gasteiger partial charge in [0.05, 0.1) is 6.04 Å². The first kappa shape index (κ1) is 16.7. The molecule has 25 heavy (non-hydrogen) atoms. The minimum absolute atomic E-state index is 0.301. The number of primary amides is 1. The van der Waals surface area contributed by atoms with Crippen LogP contribution in [0.1, 0.15) is 17.0 Å². The first-order chi connectivity index (χ1) is 12.1. The molecule has 0 saturated carbocycles. The van der Waals surface area contributed by atoms with Crippen LogP contribution in [0.5, 0.6) is 11.5 Å². The van der Waals surface area contributed by atoms with Crippen molar-refractivity contribution in [2.45, 2.75) is 12.0 Å². The number of para-hydroxylation sites is 1. The minimum Gasteiger partial charge on any atom is -0.457 e. The molecule has 3 aromatic carbocycles. The van der Waals surface area contributed by atoms with Crippen molar-refractivity contribution in [2.24, 2.45) is 11.5 Å². The van der Waals surface area contributed by atoms with Gasteiger partial charge < -0.3 is 16.2 Å². The summed E-state index contributed by atoms with van der Waals surface area (Å²) in [6.07, 6.45) is 0. The molecule has 4 heteroatoms. The van der Waals surface area contributed by atoms with Gasteiger partial charge in [0, 0.05) is 5.92 Å². The van der Waals surface area contributed by atoms with Gasteiger partial charge in [-0.25, -0.2) is 0 Å². The number of rotatable bonds is 6. The average molecular weight is 332 g/mol. The van der Waals surface area contributed by atoms with Crippen LogP contribution in [0.3, 0.4) is 0 Å². The largest absolute Gasteiger partial charge is 0.457 e. The van der Waals surface area contributed by atoms with Crippen LogP contribution in [-0.2, 0) is 4.79 Å². The van der Waals surface area contributed by atoms with E-state index in [0.29, 0.717) is 0 Å². The van der Waals surface area contributed by atoms with E-state index in [1.165, 1.54) is 0 Å². The zero-order valence-electron chi connectivity index (χ0n) is 13.7. The molecule has 0 aromatic heterocycles. The summed E-state index contributed by atoms with van der Waals surface area (Å²) in [5, 5.41) is 0. The Bertz CT molecular complexity index is 818. The lowest BCUT2D eigenvalue weighted by molar-refractivity contribution is -0.119. The minimum atomic E-state index is -0.803. The zero-order chi connectivity index (χ0) is 17.6. The normalized spacial score (nSPS) is 13.0. The van der Waals surface area contributed by atoms with Crippen molar-refractivity contribution >= 4 is 5.91 Å². The molecular formula is C21H20N2O2. The van der Waals surface area contributed by atoms with E-state index in [4.69, 9.17) is 16.2 Å². The molecule has 0 aliphatic rings. The summed E-state index contributed by atoms with van der Waals surface area (Å²) in [6.45, 7) is 0. The molecule has 0 heterocycles. The molecule has 0 radical (unpaired) electrons. The highest BCUT2D eigenvalue weighted by atomic mass is 16.5. The smallest absolute Gasteiger partial charge is 0.235 e. The molecule has 4 N–H and O–H groups in total. The summed E-state index contributed by atoms with van der Waals surface area (Å²) in [5.41, 5.74) is 13.4. The maximum atomic E-state index is 11.7. The Morgan fingerprint density at radius 2 is 1.20 bits per heavy atom. The second kappa shape index (κ2) is 7.64. The van der Waals surface area contributed by atoms with Gasteiger partial charge >= 0.3 is 0 Å². The van der Waals surface area contributed by atoms with E-state index in [1.807, 2.05) is 84.9 Å². The lowest BCUT2D eigenvalue weighted by Crippen LogP contribution is -2.41. The van der Waals surface area contributed by atoms with E-state index in [-0.39, 0.29) is 5.92 Å². The lowest BCUT2D eigenvalue weighted by Gasteiger charge is -2.23. The average Bonchev–Trinajstić information content (AvgIpc) is 2.65. The van der Waals surface area contributed by atoms with Crippen LogP contribution in [0.4, 0.5) is 0 Å². The number of carbonyl (C=O) groups excluding carboxylic acids is 1. The van der Waals surface area contributed by atoms with Gasteiger partial charge in [-0.15, -0.1) is 0 Å². The van der Waals surface area contributed by atoms with Gasteiger partial charge in [-0.1, -0.05) is 60.7 Å². The molecule has 0 aliphatic heterocycles. The number of ether oxygens (including phenoxy) is 1. The van der Waals surface area contributed by atoms with Gasteiger partial charge in [0.2, 0.25) is 5.91 Å². The molecule has 3 aromatic rings. The fourth-order valence-electron chi connectivity index (χ4n) is 2.80. The highest BCUT2D eigenvalue weighted by molar-refractivity contribution is 5.81. The van der Waals surface area contributed by atoms with Gasteiger partial charge in [-0.3, -0.25) is 4.79 Å². The van der Waals surface area contributed by atoms with E-state index in [9.17, 15) is 4.79 Å². The SMILES string of the molecule is NC(=O)[C@@H](N)C(c1ccccc1)c1ccc(Oc2ccccc2)cc1. The molecule has 0 spiro atoms. The fourth-order valence-corrected chi connectivity index (χ4v) is 2.80. The van der Waals surface area contributed by atoms with Crippen molar-refractivity contribution in [1.82, 2.24) is 0 Å². The molecule has 126 valence electrons. The zero-order valence-corrected chi connectivity index (χ0v) is 13.7. The predicted molar refractivity (Wildman–Crippen MR) is 98.4 cm³/mol. The number of benzene rings is 3. The van der Waals surface area contributed by atoms with Crippen molar-refractivity contribution in [3.63, 3.8) is 0 Å². The summed E-state index contributed by atoms with van der Waals surface area (Å²) in [7, 11) is 0. The maximum absolute atomic E-state index is 11.7. The maximum Gasteiger partial charge on any atom is 0.235 e. The van der Waals surface area contributed by atoms with Crippen LogP contribution in [-0.4, -0.2) is 11.9 Å². The van der Waals surface area contributed by atoms with Gasteiger partial charge in [0.15, 0.2) is 0 Å².